The van der Waals surface area contributed by atoms with Crippen molar-refractivity contribution in [3.8, 4) is 39.4 Å². The molecule has 11 rings (SSSR count). The smallest absolute Gasteiger partial charge is 0.306 e. The maximum absolute atomic E-state index is 14.1. The van der Waals surface area contributed by atoms with E-state index in [-0.39, 0.29) is 71.3 Å². The molecule has 92 heavy (non-hydrogen) atoms. The van der Waals surface area contributed by atoms with E-state index in [1.54, 1.807) is 70.4 Å². The number of carbonyl (C=O) groups is 4. The molecule has 0 unspecified atom stereocenters. The fourth-order valence-electron chi connectivity index (χ4n) is 14.2. The summed E-state index contributed by atoms with van der Waals surface area (Å²) in [6.45, 7) is 10.7. The van der Waals surface area contributed by atoms with E-state index < -0.39 is 0 Å². The minimum Gasteiger partial charge on any atom is -0.463 e. The van der Waals surface area contributed by atoms with Crippen molar-refractivity contribution in [3.05, 3.63) is 184 Å². The van der Waals surface area contributed by atoms with Crippen LogP contribution in [0.25, 0.3) is 44.7 Å². The first-order valence-corrected chi connectivity index (χ1v) is 33.6. The number of rotatable bonds is 25. The van der Waals surface area contributed by atoms with Gasteiger partial charge in [0.05, 0.1) is 53.5 Å². The third-order valence-electron chi connectivity index (χ3n) is 18.3. The normalized spacial score (nSPS) is 15.3. The molecule has 0 fully saturated rings. The largest absolute Gasteiger partial charge is 0.463 e. The van der Waals surface area contributed by atoms with Gasteiger partial charge < -0.3 is 43.2 Å². The average molecular weight is 1440 g/mol. The molecule has 0 spiro atoms. The van der Waals surface area contributed by atoms with Crippen molar-refractivity contribution in [3.63, 3.8) is 0 Å². The van der Waals surface area contributed by atoms with Gasteiger partial charge in [0.1, 0.15) is 0 Å². The monoisotopic (exact) mass is 1440 g/mol. The number of benzene rings is 6. The van der Waals surface area contributed by atoms with E-state index in [0.717, 1.165) is 85.3 Å². The van der Waals surface area contributed by atoms with Gasteiger partial charge in [-0.15, -0.1) is 0 Å². The number of amides is 1. The summed E-state index contributed by atoms with van der Waals surface area (Å²) in [4.78, 5) is 50.2. The summed E-state index contributed by atoms with van der Waals surface area (Å²) in [5.74, 6) is -1.01. The van der Waals surface area contributed by atoms with Crippen LogP contribution in [0.3, 0.4) is 0 Å². The van der Waals surface area contributed by atoms with Gasteiger partial charge in [-0.05, 0) is 210 Å². The van der Waals surface area contributed by atoms with Crippen LogP contribution < -0.4 is 5.32 Å². The minimum absolute atomic E-state index is 0.0520. The number of halogens is 3. The average Bonchev–Trinajstić information content (AvgIpc) is 1.58. The lowest BCUT2D eigenvalue weighted by Crippen LogP contribution is -2.29. The number of hydrogen-bond acceptors (Lipinski definition) is 13. The van der Waals surface area contributed by atoms with E-state index in [4.69, 9.17) is 37.9 Å². The quantitative estimate of drug-likeness (QED) is 0.0536. The molecule has 5 aliphatic rings. The number of nitrogens with zero attached hydrogens (tertiary/aromatic N) is 1. The maximum atomic E-state index is 14.1. The number of esters is 2. The summed E-state index contributed by atoms with van der Waals surface area (Å²) in [6.07, 6.45) is 4.84. The molecule has 0 atom stereocenters. The van der Waals surface area contributed by atoms with E-state index in [1.165, 1.54) is 50.1 Å². The van der Waals surface area contributed by atoms with E-state index in [1.807, 2.05) is 18.2 Å². The van der Waals surface area contributed by atoms with E-state index >= 15 is 0 Å². The molecule has 6 aromatic rings. The Bertz CT molecular complexity index is 3670. The van der Waals surface area contributed by atoms with Crippen LogP contribution in [0, 0.1) is 11.3 Å². The number of hydrogen-bond donors (Lipinski definition) is 1. The van der Waals surface area contributed by atoms with Crippen molar-refractivity contribution in [2.75, 3.05) is 82.3 Å². The Balaban J connectivity index is 0.000000215. The van der Waals surface area contributed by atoms with Gasteiger partial charge in [-0.1, -0.05) is 96.3 Å². The molecule has 0 bridgehead atoms. The maximum Gasteiger partial charge on any atom is 0.306 e. The van der Waals surface area contributed by atoms with Crippen LogP contribution in [0.5, 0.6) is 0 Å². The number of nitriles is 1. The van der Waals surface area contributed by atoms with Crippen molar-refractivity contribution < 1.29 is 57.1 Å². The lowest BCUT2D eigenvalue weighted by atomic mass is 9.72. The standard InChI is InChI=1S/C45H43Br2NO6.C20H20BrNO2.C10H18O4/c1-51-17-13-44(14-18-52-2)35-21-26(5-9-30(35)32-11-7-28(46)23-37(32)44)34-25-39(49)41-40(34)43(50)48-42(41)27-6-10-31-33-12-8-29(47)24-38(33)45(15-19-53-3,16-20-54-4)36(31)22-27;1-23-9-7-20(8-10-24-2)18-11-14(13-22)3-5-16(18)17-6-4-15(21)12-19(17)20;1-7(2)13-9(11)5-6-10(12)14-8(3)4/h5-12,21-24H,13-20,25H2,1-4H3,(H,48,50);3-6,11-12H,7-10H2,1-2H3;7-8H,5-6H2,1-4H3. The molecular formula is C75H81Br3N2O12. The lowest BCUT2D eigenvalue weighted by molar-refractivity contribution is -0.154. The van der Waals surface area contributed by atoms with Crippen molar-refractivity contribution in [1.29, 1.82) is 5.26 Å². The first kappa shape index (κ1) is 69.9. The molecule has 1 amide bonds. The predicted molar refractivity (Wildman–Crippen MR) is 368 cm³/mol. The molecule has 14 nitrogen and oxygen atoms in total. The first-order chi connectivity index (χ1) is 44.3. The van der Waals surface area contributed by atoms with Gasteiger partial charge in [-0.3, -0.25) is 19.2 Å². The van der Waals surface area contributed by atoms with Gasteiger partial charge in [0, 0.05) is 118 Å². The van der Waals surface area contributed by atoms with Gasteiger partial charge in [0.15, 0.2) is 5.78 Å². The van der Waals surface area contributed by atoms with E-state index in [0.29, 0.717) is 62.0 Å². The van der Waals surface area contributed by atoms with Crippen LogP contribution in [-0.2, 0) is 73.3 Å². The number of ketones is 1. The second kappa shape index (κ2) is 30.8. The molecule has 0 saturated carbocycles. The van der Waals surface area contributed by atoms with E-state index in [2.05, 4.69) is 150 Å². The molecule has 1 aliphatic heterocycles. The zero-order valence-electron chi connectivity index (χ0n) is 54.1. The number of ether oxygens (including phenoxy) is 8. The second-order valence-electron chi connectivity index (χ2n) is 24.4. The Kier molecular flexibility index (Phi) is 23.4. The number of carbonyl (C=O) groups excluding carboxylic acids is 4. The Hall–Kier alpha value is -6.43. The van der Waals surface area contributed by atoms with E-state index in [9.17, 15) is 24.4 Å². The van der Waals surface area contributed by atoms with Crippen molar-refractivity contribution >= 4 is 82.7 Å². The van der Waals surface area contributed by atoms with Gasteiger partial charge >= 0.3 is 11.9 Å². The minimum atomic E-state index is -0.371. The zero-order chi connectivity index (χ0) is 66.1. The Morgan fingerprint density at radius 2 is 0.793 bits per heavy atom. The Morgan fingerprint density at radius 3 is 1.15 bits per heavy atom. The molecule has 1 N–H and O–H groups in total. The summed E-state index contributed by atoms with van der Waals surface area (Å²) < 4.78 is 46.3. The Morgan fingerprint density at radius 1 is 0.467 bits per heavy atom. The third kappa shape index (κ3) is 14.2. The van der Waals surface area contributed by atoms with Crippen LogP contribution in [0.1, 0.15) is 136 Å². The molecule has 0 saturated heterocycles. The first-order valence-electron chi connectivity index (χ1n) is 31.2. The third-order valence-corrected chi connectivity index (χ3v) is 19.8. The number of nitrogens with one attached hydrogen (secondary N) is 1. The van der Waals surface area contributed by atoms with Crippen LogP contribution in [0.2, 0.25) is 0 Å². The summed E-state index contributed by atoms with van der Waals surface area (Å²) in [5.41, 5.74) is 18.2. The number of methoxy groups -OCH3 is 6. The SMILES string of the molecule is CC(C)OC(=O)CCC(=O)OC(C)C.COCCC1(CCOC)c2cc(Br)ccc2-c2ccc(C#N)cc21.COCCC1(CCOC)c2cc(Br)ccc2-c2ccc(C3=C4C(=O)NC(c5ccc6c(c5)C(CCOC)(CCOC)c5cc(Br)ccc5-6)=C4C(=O)C3)cc21. The summed E-state index contributed by atoms with van der Waals surface area (Å²) >= 11 is 11.0. The topological polar surface area (TPSA) is 178 Å². The van der Waals surface area contributed by atoms with Gasteiger partial charge in [-0.25, -0.2) is 0 Å². The van der Waals surface area contributed by atoms with Gasteiger partial charge in [0.25, 0.3) is 5.91 Å². The highest BCUT2D eigenvalue weighted by atomic mass is 79.9. The van der Waals surface area contributed by atoms with Gasteiger partial charge in [0.2, 0.25) is 0 Å². The predicted octanol–water partition coefficient (Wildman–Crippen LogP) is 15.5. The molecule has 4 aliphatic carbocycles. The molecule has 1 heterocycles. The molecule has 17 heteroatoms. The fraction of sp³-hybridized carbons (Fsp3) is 0.400. The number of fused-ring (bicyclic) bond motifs is 10. The van der Waals surface area contributed by atoms with Crippen molar-refractivity contribution in [2.45, 2.75) is 114 Å². The Labute approximate surface area is 566 Å². The fourth-order valence-corrected chi connectivity index (χ4v) is 15.2. The lowest BCUT2D eigenvalue weighted by Gasteiger charge is -2.32. The molecule has 0 aromatic heterocycles. The second-order valence-corrected chi connectivity index (χ2v) is 27.1. The molecule has 6 aromatic carbocycles. The van der Waals surface area contributed by atoms with Gasteiger partial charge in [-0.2, -0.15) is 5.26 Å². The van der Waals surface area contributed by atoms with Crippen LogP contribution >= 0.6 is 47.8 Å². The molecule has 484 valence electrons. The highest BCUT2D eigenvalue weighted by molar-refractivity contribution is 9.11. The highest BCUT2D eigenvalue weighted by Crippen LogP contribution is 2.58. The molecule has 0 radical (unpaired) electrons. The van der Waals surface area contributed by atoms with Crippen molar-refractivity contribution in [1.82, 2.24) is 5.32 Å². The van der Waals surface area contributed by atoms with Crippen LogP contribution in [-0.4, -0.2) is 118 Å². The van der Waals surface area contributed by atoms with Crippen LogP contribution in [0.4, 0.5) is 0 Å². The zero-order valence-corrected chi connectivity index (χ0v) is 58.9. The molecular weight excluding hydrogens is 1360 g/mol. The summed E-state index contributed by atoms with van der Waals surface area (Å²) in [5, 5.41) is 12.5. The highest BCUT2D eigenvalue weighted by Gasteiger charge is 2.48. The number of allylic oxidation sites excluding steroid dienone is 1. The van der Waals surface area contributed by atoms with Crippen LogP contribution in [0.15, 0.2) is 134 Å². The summed E-state index contributed by atoms with van der Waals surface area (Å²) in [7, 11) is 10.4. The summed E-state index contributed by atoms with van der Waals surface area (Å²) in [6, 6.07) is 40.4. The number of Topliss-reactive ketones (excluding diaryl/α,β-unsaturated/α-hetero) is 1. The van der Waals surface area contributed by atoms with Crippen molar-refractivity contribution in [2.24, 2.45) is 0 Å².